The van der Waals surface area contributed by atoms with Gasteiger partial charge >= 0.3 is 0 Å². The second-order valence-corrected chi connectivity index (χ2v) is 3.12. The Hall–Kier alpha value is -1.11. The maximum Gasteiger partial charge on any atom is 0.155 e. The molecule has 0 fully saturated rings. The van der Waals surface area contributed by atoms with Crippen molar-refractivity contribution in [2.24, 2.45) is 0 Å². The summed E-state index contributed by atoms with van der Waals surface area (Å²) in [7, 11) is 0. The van der Waals surface area contributed by atoms with Crippen molar-refractivity contribution in [3.8, 4) is 0 Å². The Morgan fingerprint density at radius 3 is 2.21 bits per heavy atom. The van der Waals surface area contributed by atoms with Gasteiger partial charge in [0, 0.05) is 6.42 Å². The van der Waals surface area contributed by atoms with E-state index in [0.29, 0.717) is 6.42 Å². The van der Waals surface area contributed by atoms with E-state index in [2.05, 4.69) is 24.3 Å². The SMILES string of the molecule is CC=CCCC=CCCC(=O)C=CC. The molecular weight excluding hydrogens is 172 g/mol. The van der Waals surface area contributed by atoms with Gasteiger partial charge in [-0.25, -0.2) is 0 Å². The summed E-state index contributed by atoms with van der Waals surface area (Å²) in [5.74, 6) is 0.214. The van der Waals surface area contributed by atoms with E-state index in [1.807, 2.05) is 13.8 Å². The molecule has 0 saturated heterocycles. The van der Waals surface area contributed by atoms with Crippen LogP contribution in [0.4, 0.5) is 0 Å². The van der Waals surface area contributed by atoms with E-state index < -0.39 is 0 Å². The van der Waals surface area contributed by atoms with E-state index in [9.17, 15) is 4.79 Å². The van der Waals surface area contributed by atoms with Gasteiger partial charge in [-0.15, -0.1) is 0 Å². The number of allylic oxidation sites excluding steroid dienone is 6. The summed E-state index contributed by atoms with van der Waals surface area (Å²) in [5, 5.41) is 0. The van der Waals surface area contributed by atoms with Crippen molar-refractivity contribution < 1.29 is 4.79 Å². The molecule has 0 saturated carbocycles. The van der Waals surface area contributed by atoms with E-state index in [1.165, 1.54) is 0 Å². The molecule has 0 aromatic rings. The van der Waals surface area contributed by atoms with Crippen molar-refractivity contribution in [3.05, 3.63) is 36.5 Å². The number of rotatable bonds is 7. The van der Waals surface area contributed by atoms with Crippen molar-refractivity contribution in [1.82, 2.24) is 0 Å². The molecule has 0 spiro atoms. The van der Waals surface area contributed by atoms with Crippen LogP contribution in [0.2, 0.25) is 0 Å². The Bertz CT molecular complexity index is 221. The quantitative estimate of drug-likeness (QED) is 0.340. The predicted octanol–water partition coefficient (Wildman–Crippen LogP) is 3.82. The summed E-state index contributed by atoms with van der Waals surface area (Å²) >= 11 is 0. The van der Waals surface area contributed by atoms with E-state index in [4.69, 9.17) is 0 Å². The summed E-state index contributed by atoms with van der Waals surface area (Å²) in [6.07, 6.45) is 15.5. The van der Waals surface area contributed by atoms with Crippen LogP contribution in [0.5, 0.6) is 0 Å². The van der Waals surface area contributed by atoms with E-state index in [-0.39, 0.29) is 5.78 Å². The number of carbonyl (C=O) groups is 1. The molecule has 1 nitrogen and oxygen atoms in total. The third-order valence-corrected chi connectivity index (χ3v) is 1.81. The van der Waals surface area contributed by atoms with Crippen molar-refractivity contribution in [2.75, 3.05) is 0 Å². The number of unbranched alkanes of at least 4 members (excludes halogenated alkanes) is 1. The van der Waals surface area contributed by atoms with Crippen LogP contribution in [0, 0.1) is 0 Å². The highest BCUT2D eigenvalue weighted by Crippen LogP contribution is 1.98. The highest BCUT2D eigenvalue weighted by Gasteiger charge is 1.91. The highest BCUT2D eigenvalue weighted by atomic mass is 16.1. The lowest BCUT2D eigenvalue weighted by Crippen LogP contribution is -1.89. The second kappa shape index (κ2) is 9.97. The normalized spacial score (nSPS) is 12.1. The molecular formula is C13H20O. The average Bonchev–Trinajstić information content (AvgIpc) is 2.17. The maximum absolute atomic E-state index is 11.0. The number of carbonyl (C=O) groups excluding carboxylic acids is 1. The summed E-state index contributed by atoms with van der Waals surface area (Å²) < 4.78 is 0. The Balaban J connectivity index is 3.39. The first-order chi connectivity index (χ1) is 6.81. The number of hydrogen-bond donors (Lipinski definition) is 0. The van der Waals surface area contributed by atoms with Crippen molar-refractivity contribution in [3.63, 3.8) is 0 Å². The standard InChI is InChI=1S/C13H20O/c1-3-5-6-7-8-9-10-12-13(14)11-4-2/h3-5,8-9,11H,6-7,10,12H2,1-2H3. The predicted molar refractivity (Wildman–Crippen MR) is 62.2 cm³/mol. The van der Waals surface area contributed by atoms with Gasteiger partial charge in [-0.3, -0.25) is 4.79 Å². The van der Waals surface area contributed by atoms with Crippen LogP contribution in [-0.4, -0.2) is 5.78 Å². The summed E-state index contributed by atoms with van der Waals surface area (Å²) in [6.45, 7) is 3.89. The Kier molecular flexibility index (Phi) is 9.18. The monoisotopic (exact) mass is 192 g/mol. The summed E-state index contributed by atoms with van der Waals surface area (Å²) in [6, 6.07) is 0. The third-order valence-electron chi connectivity index (χ3n) is 1.81. The molecule has 78 valence electrons. The van der Waals surface area contributed by atoms with Crippen LogP contribution in [0.1, 0.15) is 39.5 Å². The zero-order valence-electron chi connectivity index (χ0n) is 9.20. The van der Waals surface area contributed by atoms with Crippen LogP contribution < -0.4 is 0 Å². The fraction of sp³-hybridized carbons (Fsp3) is 0.462. The van der Waals surface area contributed by atoms with Crippen LogP contribution in [0.3, 0.4) is 0 Å². The summed E-state index contributed by atoms with van der Waals surface area (Å²) in [4.78, 5) is 11.0. The minimum absolute atomic E-state index is 0.214. The van der Waals surface area contributed by atoms with Crippen LogP contribution in [-0.2, 0) is 4.79 Å². The molecule has 0 amide bonds. The number of hydrogen-bond acceptors (Lipinski definition) is 1. The van der Waals surface area contributed by atoms with Crippen LogP contribution in [0.15, 0.2) is 36.5 Å². The first-order valence-corrected chi connectivity index (χ1v) is 5.23. The first-order valence-electron chi connectivity index (χ1n) is 5.23. The van der Waals surface area contributed by atoms with Crippen molar-refractivity contribution in [1.29, 1.82) is 0 Å². The van der Waals surface area contributed by atoms with Gasteiger partial charge in [0.15, 0.2) is 5.78 Å². The molecule has 1 heteroatoms. The third kappa shape index (κ3) is 8.98. The molecule has 0 aliphatic heterocycles. The molecule has 0 radical (unpaired) electrons. The van der Waals surface area contributed by atoms with Crippen LogP contribution in [0.25, 0.3) is 0 Å². The lowest BCUT2D eigenvalue weighted by molar-refractivity contribution is -0.114. The highest BCUT2D eigenvalue weighted by molar-refractivity contribution is 5.89. The first kappa shape index (κ1) is 12.9. The smallest absolute Gasteiger partial charge is 0.155 e. The molecule has 0 bridgehead atoms. The molecule has 0 atom stereocenters. The lowest BCUT2D eigenvalue weighted by Gasteiger charge is -1.90. The van der Waals surface area contributed by atoms with Gasteiger partial charge in [-0.2, -0.15) is 0 Å². The van der Waals surface area contributed by atoms with E-state index >= 15 is 0 Å². The zero-order chi connectivity index (χ0) is 10.6. The van der Waals surface area contributed by atoms with Gasteiger partial charge in [-0.05, 0) is 39.2 Å². The van der Waals surface area contributed by atoms with Gasteiger partial charge in [0.1, 0.15) is 0 Å². The Labute approximate surface area is 87.2 Å². The molecule has 14 heavy (non-hydrogen) atoms. The lowest BCUT2D eigenvalue weighted by atomic mass is 10.2. The minimum atomic E-state index is 0.214. The van der Waals surface area contributed by atoms with Crippen molar-refractivity contribution in [2.45, 2.75) is 39.5 Å². The second-order valence-electron chi connectivity index (χ2n) is 3.12. The van der Waals surface area contributed by atoms with E-state index in [0.717, 1.165) is 19.3 Å². The van der Waals surface area contributed by atoms with Crippen LogP contribution >= 0.6 is 0 Å². The van der Waals surface area contributed by atoms with Gasteiger partial charge < -0.3 is 0 Å². The fourth-order valence-electron chi connectivity index (χ4n) is 1.09. The molecule has 0 N–H and O–H groups in total. The zero-order valence-corrected chi connectivity index (χ0v) is 9.20. The molecule has 0 aromatic carbocycles. The number of ketones is 1. The van der Waals surface area contributed by atoms with E-state index in [1.54, 1.807) is 12.2 Å². The van der Waals surface area contributed by atoms with Gasteiger partial charge in [0.2, 0.25) is 0 Å². The fourth-order valence-corrected chi connectivity index (χ4v) is 1.09. The molecule has 0 aliphatic carbocycles. The van der Waals surface area contributed by atoms with Crippen molar-refractivity contribution >= 4 is 5.78 Å². The Morgan fingerprint density at radius 2 is 1.57 bits per heavy atom. The molecule has 0 rings (SSSR count). The Morgan fingerprint density at radius 1 is 0.929 bits per heavy atom. The largest absolute Gasteiger partial charge is 0.295 e. The summed E-state index contributed by atoms with van der Waals surface area (Å²) in [5.41, 5.74) is 0. The maximum atomic E-state index is 11.0. The molecule has 0 aliphatic rings. The molecule has 0 aromatic heterocycles. The van der Waals surface area contributed by atoms with Gasteiger partial charge in [-0.1, -0.05) is 30.4 Å². The molecule has 0 heterocycles. The average molecular weight is 192 g/mol. The van der Waals surface area contributed by atoms with Gasteiger partial charge in [0.25, 0.3) is 0 Å². The molecule has 0 unspecified atom stereocenters. The topological polar surface area (TPSA) is 17.1 Å². The minimum Gasteiger partial charge on any atom is -0.295 e. The van der Waals surface area contributed by atoms with Gasteiger partial charge in [0.05, 0.1) is 0 Å².